The van der Waals surface area contributed by atoms with Gasteiger partial charge in [0, 0.05) is 23.2 Å². The van der Waals surface area contributed by atoms with Gasteiger partial charge in [-0.25, -0.2) is 0 Å². The fourth-order valence-corrected chi connectivity index (χ4v) is 3.02. The Kier molecular flexibility index (Phi) is 4.10. The molecule has 1 fully saturated rings. The maximum atomic E-state index is 9.60. The molecule has 0 aromatic heterocycles. The number of anilines is 1. The third kappa shape index (κ3) is 3.02. The van der Waals surface area contributed by atoms with E-state index in [0.717, 1.165) is 29.0 Å². The Hall–Kier alpha value is -0.540. The Balaban J connectivity index is 2.14. The van der Waals surface area contributed by atoms with Crippen molar-refractivity contribution in [2.24, 2.45) is 5.92 Å². The second kappa shape index (κ2) is 5.40. The lowest BCUT2D eigenvalue weighted by molar-refractivity contribution is 0.198. The van der Waals surface area contributed by atoms with E-state index in [0.29, 0.717) is 0 Å². The Bertz CT molecular complexity index is 384. The molecule has 1 heterocycles. The summed E-state index contributed by atoms with van der Waals surface area (Å²) in [5, 5.41) is 9.60. The van der Waals surface area contributed by atoms with Gasteiger partial charge in [-0.3, -0.25) is 0 Å². The first-order valence-electron chi connectivity index (χ1n) is 6.30. The second-order valence-corrected chi connectivity index (χ2v) is 5.91. The molecule has 0 amide bonds. The van der Waals surface area contributed by atoms with E-state index in [4.69, 9.17) is 0 Å². The minimum atomic E-state index is -0.417. The van der Waals surface area contributed by atoms with Crippen LogP contribution in [0.1, 0.15) is 38.4 Å². The van der Waals surface area contributed by atoms with Gasteiger partial charge in [-0.1, -0.05) is 28.9 Å². The highest BCUT2D eigenvalue weighted by atomic mass is 79.9. The summed E-state index contributed by atoms with van der Waals surface area (Å²) < 4.78 is 1.00. The standard InChI is InChI=1S/C14H20BrNO/c1-10-5-7-16(8-6-10)12-3-4-13(11(2)17)14(15)9-12/h3-4,9-11,17H,5-8H2,1-2H3/t11-/m0/s1. The normalized spacial score (nSPS) is 19.4. The predicted octanol–water partition coefficient (Wildman–Crippen LogP) is 3.74. The number of nitrogens with zero attached hydrogens (tertiary/aromatic N) is 1. The fourth-order valence-electron chi connectivity index (χ4n) is 2.32. The molecular weight excluding hydrogens is 278 g/mol. The number of benzene rings is 1. The van der Waals surface area contributed by atoms with Gasteiger partial charge < -0.3 is 10.0 Å². The van der Waals surface area contributed by atoms with E-state index in [1.54, 1.807) is 6.92 Å². The summed E-state index contributed by atoms with van der Waals surface area (Å²) in [6.45, 7) is 6.40. The van der Waals surface area contributed by atoms with Gasteiger partial charge in [0.15, 0.2) is 0 Å². The monoisotopic (exact) mass is 297 g/mol. The highest BCUT2D eigenvalue weighted by Crippen LogP contribution is 2.30. The van der Waals surface area contributed by atoms with Crippen LogP contribution in [0.15, 0.2) is 22.7 Å². The van der Waals surface area contributed by atoms with E-state index in [2.05, 4.69) is 39.9 Å². The van der Waals surface area contributed by atoms with E-state index in [1.807, 2.05) is 6.07 Å². The molecule has 0 radical (unpaired) electrons. The van der Waals surface area contributed by atoms with Crippen molar-refractivity contribution < 1.29 is 5.11 Å². The molecule has 0 spiro atoms. The van der Waals surface area contributed by atoms with Gasteiger partial charge in [0.1, 0.15) is 0 Å². The minimum absolute atomic E-state index is 0.417. The number of aliphatic hydroxyl groups is 1. The average molecular weight is 298 g/mol. The number of hydrogen-bond acceptors (Lipinski definition) is 2. The second-order valence-electron chi connectivity index (χ2n) is 5.05. The maximum absolute atomic E-state index is 9.60. The van der Waals surface area contributed by atoms with Gasteiger partial charge in [0.2, 0.25) is 0 Å². The van der Waals surface area contributed by atoms with Crippen LogP contribution in [-0.2, 0) is 0 Å². The summed E-state index contributed by atoms with van der Waals surface area (Å²) in [5.74, 6) is 0.853. The minimum Gasteiger partial charge on any atom is -0.389 e. The van der Waals surface area contributed by atoms with Gasteiger partial charge in [-0.05, 0) is 43.4 Å². The lowest BCUT2D eigenvalue weighted by Crippen LogP contribution is -2.32. The van der Waals surface area contributed by atoms with Crippen molar-refractivity contribution in [3.05, 3.63) is 28.2 Å². The fraction of sp³-hybridized carbons (Fsp3) is 0.571. The van der Waals surface area contributed by atoms with Crippen molar-refractivity contribution in [1.29, 1.82) is 0 Å². The Morgan fingerprint density at radius 3 is 2.53 bits per heavy atom. The lowest BCUT2D eigenvalue weighted by atomic mass is 9.98. The molecule has 1 saturated heterocycles. The van der Waals surface area contributed by atoms with Crippen LogP contribution in [0.5, 0.6) is 0 Å². The van der Waals surface area contributed by atoms with Crippen molar-refractivity contribution in [2.75, 3.05) is 18.0 Å². The van der Waals surface area contributed by atoms with Crippen molar-refractivity contribution >= 4 is 21.6 Å². The molecule has 0 bridgehead atoms. The molecule has 1 aromatic rings. The molecule has 1 aliphatic rings. The zero-order chi connectivity index (χ0) is 12.4. The van der Waals surface area contributed by atoms with E-state index < -0.39 is 6.10 Å². The topological polar surface area (TPSA) is 23.5 Å². The first kappa shape index (κ1) is 12.9. The molecule has 0 saturated carbocycles. The zero-order valence-electron chi connectivity index (χ0n) is 10.5. The first-order valence-corrected chi connectivity index (χ1v) is 7.09. The van der Waals surface area contributed by atoms with Crippen LogP contribution < -0.4 is 4.90 Å². The molecule has 0 unspecified atom stereocenters. The van der Waals surface area contributed by atoms with Gasteiger partial charge >= 0.3 is 0 Å². The summed E-state index contributed by atoms with van der Waals surface area (Å²) in [5.41, 5.74) is 2.22. The summed E-state index contributed by atoms with van der Waals surface area (Å²) in [6, 6.07) is 6.25. The van der Waals surface area contributed by atoms with Crippen molar-refractivity contribution in [1.82, 2.24) is 0 Å². The van der Waals surface area contributed by atoms with Crippen LogP contribution in [0.2, 0.25) is 0 Å². The summed E-state index contributed by atoms with van der Waals surface area (Å²) in [4.78, 5) is 2.43. The van der Waals surface area contributed by atoms with E-state index >= 15 is 0 Å². The van der Waals surface area contributed by atoms with Crippen LogP contribution in [-0.4, -0.2) is 18.2 Å². The zero-order valence-corrected chi connectivity index (χ0v) is 12.1. The SMILES string of the molecule is CC1CCN(c2ccc([C@H](C)O)c(Br)c2)CC1. The largest absolute Gasteiger partial charge is 0.389 e. The van der Waals surface area contributed by atoms with Gasteiger partial charge in [-0.15, -0.1) is 0 Å². The van der Waals surface area contributed by atoms with E-state index in [1.165, 1.54) is 18.5 Å². The molecule has 1 aromatic carbocycles. The Morgan fingerprint density at radius 1 is 1.35 bits per heavy atom. The maximum Gasteiger partial charge on any atom is 0.0772 e. The average Bonchev–Trinajstić information content (AvgIpc) is 2.29. The molecular formula is C14H20BrNO. The van der Waals surface area contributed by atoms with E-state index in [-0.39, 0.29) is 0 Å². The quantitative estimate of drug-likeness (QED) is 0.899. The van der Waals surface area contributed by atoms with Gasteiger partial charge in [-0.2, -0.15) is 0 Å². The van der Waals surface area contributed by atoms with Crippen LogP contribution in [0.25, 0.3) is 0 Å². The number of rotatable bonds is 2. The molecule has 1 N–H and O–H groups in total. The Labute approximate surface area is 112 Å². The third-order valence-electron chi connectivity index (χ3n) is 3.58. The van der Waals surface area contributed by atoms with Crippen molar-refractivity contribution in [3.8, 4) is 0 Å². The van der Waals surface area contributed by atoms with Gasteiger partial charge in [0.25, 0.3) is 0 Å². The smallest absolute Gasteiger partial charge is 0.0772 e. The van der Waals surface area contributed by atoms with E-state index in [9.17, 15) is 5.11 Å². The van der Waals surface area contributed by atoms with Crippen LogP contribution in [0, 0.1) is 5.92 Å². The van der Waals surface area contributed by atoms with Crippen LogP contribution in [0.3, 0.4) is 0 Å². The molecule has 2 rings (SSSR count). The molecule has 1 atom stereocenters. The summed E-state index contributed by atoms with van der Waals surface area (Å²) >= 11 is 3.54. The molecule has 2 nitrogen and oxygen atoms in total. The van der Waals surface area contributed by atoms with Crippen molar-refractivity contribution in [3.63, 3.8) is 0 Å². The lowest BCUT2D eigenvalue weighted by Gasteiger charge is -2.32. The summed E-state index contributed by atoms with van der Waals surface area (Å²) in [6.07, 6.45) is 2.13. The predicted molar refractivity (Wildman–Crippen MR) is 75.4 cm³/mol. The molecule has 17 heavy (non-hydrogen) atoms. The van der Waals surface area contributed by atoms with Crippen LogP contribution in [0.4, 0.5) is 5.69 Å². The molecule has 0 aliphatic carbocycles. The highest BCUT2D eigenvalue weighted by molar-refractivity contribution is 9.10. The number of aliphatic hydroxyl groups excluding tert-OH is 1. The van der Waals surface area contributed by atoms with Gasteiger partial charge in [0.05, 0.1) is 6.10 Å². The van der Waals surface area contributed by atoms with Crippen LogP contribution >= 0.6 is 15.9 Å². The number of piperidine rings is 1. The summed E-state index contributed by atoms with van der Waals surface area (Å²) in [7, 11) is 0. The molecule has 1 aliphatic heterocycles. The molecule has 94 valence electrons. The third-order valence-corrected chi connectivity index (χ3v) is 4.27. The number of halogens is 1. The van der Waals surface area contributed by atoms with Crippen molar-refractivity contribution in [2.45, 2.75) is 32.8 Å². The number of hydrogen-bond donors (Lipinski definition) is 1. The Morgan fingerprint density at radius 2 is 2.00 bits per heavy atom. The highest BCUT2D eigenvalue weighted by Gasteiger charge is 2.17. The first-order chi connectivity index (χ1) is 8.08. The molecule has 3 heteroatoms.